The summed E-state index contributed by atoms with van der Waals surface area (Å²) in [6, 6.07) is 0. The van der Waals surface area contributed by atoms with Crippen molar-refractivity contribution in [3.05, 3.63) is 58.9 Å². The Morgan fingerprint density at radius 1 is 1.02 bits per heavy atom. The lowest BCUT2D eigenvalue weighted by atomic mass is 9.84. The standard InChI is InChI=1S/C29H40N2O9/c1-15-9-8-10-22(37-5)27(40-29(30)36)17(3)11-16(2)24(33)23(38-6)12-18(4)26(39-7)20-13-19(32)14-21(25(20)34)31-28(15)35/h8-11,13-14,16,18,22-24,26-27,33H,12H2,1-7H3,(H2,30,36)(H,31,35)/b10-8-,15-9+,17-11+/t16-,18-,22-,23-,24+,26+,27?/m0/s1. The third-order valence-electron chi connectivity index (χ3n) is 7.04. The lowest BCUT2D eigenvalue weighted by Gasteiger charge is -2.32. The lowest BCUT2D eigenvalue weighted by Crippen LogP contribution is -2.40. The zero-order valence-corrected chi connectivity index (χ0v) is 24.0. The maximum Gasteiger partial charge on any atom is 0.405 e. The topological polar surface area (TPSA) is 163 Å². The third kappa shape index (κ3) is 8.31. The highest BCUT2D eigenvalue weighted by molar-refractivity contribution is 6.22. The van der Waals surface area contributed by atoms with Crippen molar-refractivity contribution in [3.63, 3.8) is 0 Å². The van der Waals surface area contributed by atoms with Crippen LogP contribution in [0.3, 0.4) is 0 Å². The third-order valence-corrected chi connectivity index (χ3v) is 7.04. The van der Waals surface area contributed by atoms with Crippen LogP contribution in [0, 0.1) is 11.8 Å². The fourth-order valence-corrected chi connectivity index (χ4v) is 4.86. The fourth-order valence-electron chi connectivity index (χ4n) is 4.86. The molecule has 7 atom stereocenters. The van der Waals surface area contributed by atoms with Crippen LogP contribution in [0.5, 0.6) is 0 Å². The highest BCUT2D eigenvalue weighted by Crippen LogP contribution is 2.29. The van der Waals surface area contributed by atoms with Crippen molar-refractivity contribution in [1.82, 2.24) is 5.32 Å². The summed E-state index contributed by atoms with van der Waals surface area (Å²) in [6.07, 6.45) is 3.68. The smallest absolute Gasteiger partial charge is 0.405 e. The molecule has 1 heterocycles. The van der Waals surface area contributed by atoms with Gasteiger partial charge in [-0.15, -0.1) is 0 Å². The monoisotopic (exact) mass is 560 g/mol. The molecule has 2 rings (SSSR count). The van der Waals surface area contributed by atoms with E-state index < -0.39 is 60.0 Å². The van der Waals surface area contributed by atoms with Crippen molar-refractivity contribution in [2.75, 3.05) is 21.3 Å². The largest absolute Gasteiger partial charge is 0.439 e. The van der Waals surface area contributed by atoms with Gasteiger partial charge in [-0.1, -0.05) is 38.2 Å². The molecule has 0 radical (unpaired) electrons. The minimum atomic E-state index is -1.01. The van der Waals surface area contributed by atoms with Crippen LogP contribution in [0.2, 0.25) is 0 Å². The Labute approximate surface area is 234 Å². The van der Waals surface area contributed by atoms with Crippen LogP contribution in [-0.2, 0) is 33.3 Å². The van der Waals surface area contributed by atoms with Crippen molar-refractivity contribution < 1.29 is 43.2 Å². The van der Waals surface area contributed by atoms with E-state index in [9.17, 15) is 24.3 Å². The number of rotatable bonds is 4. The minimum absolute atomic E-state index is 0.0970. The molecule has 2 amide bonds. The van der Waals surface area contributed by atoms with Gasteiger partial charge in [0.25, 0.3) is 5.91 Å². The molecule has 2 aliphatic rings. The Morgan fingerprint density at radius 3 is 2.27 bits per heavy atom. The van der Waals surface area contributed by atoms with Crippen LogP contribution in [0.4, 0.5) is 4.79 Å². The molecule has 40 heavy (non-hydrogen) atoms. The summed E-state index contributed by atoms with van der Waals surface area (Å²) in [5.41, 5.74) is 6.06. The number of aliphatic hydroxyl groups excluding tert-OH is 1. The molecule has 0 aromatic rings. The van der Waals surface area contributed by atoms with Gasteiger partial charge in [-0.2, -0.15) is 0 Å². The zero-order valence-electron chi connectivity index (χ0n) is 24.0. The molecule has 2 bridgehead atoms. The van der Waals surface area contributed by atoms with Crippen molar-refractivity contribution in [3.8, 4) is 0 Å². The number of allylic oxidation sites excluding steroid dienone is 5. The Balaban J connectivity index is 2.62. The number of aliphatic hydroxyl groups is 1. The van der Waals surface area contributed by atoms with Crippen LogP contribution in [0.25, 0.3) is 0 Å². The van der Waals surface area contributed by atoms with Gasteiger partial charge in [0.05, 0.1) is 24.0 Å². The van der Waals surface area contributed by atoms with Gasteiger partial charge in [0.15, 0.2) is 11.9 Å². The molecule has 0 saturated heterocycles. The molecule has 0 aromatic heterocycles. The second-order valence-electron chi connectivity index (χ2n) is 10.0. The molecule has 0 fully saturated rings. The van der Waals surface area contributed by atoms with Gasteiger partial charge in [0.2, 0.25) is 5.78 Å². The summed E-state index contributed by atoms with van der Waals surface area (Å²) < 4.78 is 22.1. The molecule has 11 heteroatoms. The first kappa shape index (κ1) is 32.8. The number of ether oxygens (including phenoxy) is 4. The molecule has 0 saturated carbocycles. The number of ketones is 2. The van der Waals surface area contributed by atoms with Crippen LogP contribution in [-0.4, -0.2) is 80.5 Å². The number of amides is 2. The number of nitrogens with two attached hydrogens (primary N) is 1. The van der Waals surface area contributed by atoms with E-state index in [1.807, 2.05) is 6.92 Å². The van der Waals surface area contributed by atoms with Gasteiger partial charge in [-0.3, -0.25) is 14.4 Å². The number of fused-ring (bicyclic) bond motifs is 2. The molecule has 220 valence electrons. The predicted octanol–water partition coefficient (Wildman–Crippen LogP) is 2.06. The van der Waals surface area contributed by atoms with Gasteiger partial charge in [0.1, 0.15) is 6.10 Å². The average molecular weight is 561 g/mol. The van der Waals surface area contributed by atoms with Crippen LogP contribution >= 0.6 is 0 Å². The quantitative estimate of drug-likeness (QED) is 0.345. The predicted molar refractivity (Wildman–Crippen MR) is 147 cm³/mol. The second-order valence-corrected chi connectivity index (χ2v) is 10.0. The number of carbonyl (C=O) groups is 4. The highest BCUT2D eigenvalue weighted by Gasteiger charge is 2.35. The summed E-state index contributed by atoms with van der Waals surface area (Å²) in [6.45, 7) is 6.86. The number of hydrogen-bond acceptors (Lipinski definition) is 9. The first-order valence-corrected chi connectivity index (χ1v) is 12.9. The van der Waals surface area contributed by atoms with Crippen molar-refractivity contribution in [2.24, 2.45) is 17.6 Å². The summed E-state index contributed by atoms with van der Waals surface area (Å²) in [5.74, 6) is -2.44. The highest BCUT2D eigenvalue weighted by atomic mass is 16.6. The number of nitrogens with one attached hydrogen (secondary N) is 1. The fraction of sp³-hybridized carbons (Fsp3) is 0.517. The number of hydrogen-bond donors (Lipinski definition) is 3. The van der Waals surface area contributed by atoms with Gasteiger partial charge in [-0.05, 0) is 37.8 Å². The Morgan fingerprint density at radius 2 is 1.70 bits per heavy atom. The van der Waals surface area contributed by atoms with E-state index in [-0.39, 0.29) is 29.2 Å². The SMILES string of the molecule is CO[C@H]1/C=C\C=C(/C)C(=O)NC2=CC(=O)C=C(C2=O)[C@H](OC)[C@@H](C)C[C@H](OC)[C@H](O)[C@@H](C)/C=C(\C)C1OC(N)=O. The molecule has 0 spiro atoms. The Bertz CT molecular complexity index is 1130. The summed E-state index contributed by atoms with van der Waals surface area (Å²) in [7, 11) is 4.31. The molecular weight excluding hydrogens is 520 g/mol. The van der Waals surface area contributed by atoms with Gasteiger partial charge in [0, 0.05) is 44.5 Å². The maximum atomic E-state index is 13.3. The molecule has 1 unspecified atom stereocenters. The average Bonchev–Trinajstić information content (AvgIpc) is 2.90. The van der Waals surface area contributed by atoms with E-state index in [0.717, 1.165) is 6.08 Å². The van der Waals surface area contributed by atoms with Crippen LogP contribution in [0.1, 0.15) is 34.1 Å². The molecule has 1 aliphatic carbocycles. The van der Waals surface area contributed by atoms with Gasteiger partial charge < -0.3 is 35.1 Å². The number of carbonyl (C=O) groups excluding carboxylic acids is 4. The number of methoxy groups -OCH3 is 3. The van der Waals surface area contributed by atoms with Crippen LogP contribution in [0.15, 0.2) is 58.9 Å². The normalized spacial score (nSPS) is 34.4. The maximum absolute atomic E-state index is 13.3. The van der Waals surface area contributed by atoms with E-state index >= 15 is 0 Å². The van der Waals surface area contributed by atoms with Crippen molar-refractivity contribution >= 4 is 23.6 Å². The second kappa shape index (κ2) is 14.8. The van der Waals surface area contributed by atoms with E-state index in [1.165, 1.54) is 46.5 Å². The molecule has 4 N–H and O–H groups in total. The molecule has 1 aliphatic heterocycles. The summed E-state index contributed by atoms with van der Waals surface area (Å²) in [4.78, 5) is 50.4. The van der Waals surface area contributed by atoms with Gasteiger partial charge in [-0.25, -0.2) is 4.79 Å². The first-order valence-electron chi connectivity index (χ1n) is 12.9. The van der Waals surface area contributed by atoms with E-state index in [1.54, 1.807) is 26.0 Å². The van der Waals surface area contributed by atoms with Crippen molar-refractivity contribution in [1.29, 1.82) is 0 Å². The van der Waals surface area contributed by atoms with Gasteiger partial charge >= 0.3 is 6.09 Å². The Hall–Kier alpha value is -3.38. The van der Waals surface area contributed by atoms with Crippen LogP contribution < -0.4 is 11.1 Å². The van der Waals surface area contributed by atoms with Crippen molar-refractivity contribution in [2.45, 2.75) is 64.6 Å². The summed E-state index contributed by atoms with van der Waals surface area (Å²) >= 11 is 0. The molecule has 11 nitrogen and oxygen atoms in total. The number of primary amides is 1. The van der Waals surface area contributed by atoms with E-state index in [4.69, 9.17) is 24.7 Å². The molecular formula is C29H40N2O9. The minimum Gasteiger partial charge on any atom is -0.439 e. The van der Waals surface area contributed by atoms with E-state index in [2.05, 4.69) is 5.32 Å². The Kier molecular flexibility index (Phi) is 12.2. The number of Topliss-reactive ketones (excluding diaryl/α,β-unsaturated/α-hetero) is 1. The first-order chi connectivity index (χ1) is 18.8. The molecule has 0 aromatic carbocycles. The zero-order chi connectivity index (χ0) is 30.1. The summed E-state index contributed by atoms with van der Waals surface area (Å²) in [5, 5.41) is 13.7. The van der Waals surface area contributed by atoms with E-state index in [0.29, 0.717) is 5.57 Å². The lowest BCUT2D eigenvalue weighted by molar-refractivity contribution is -0.120.